The summed E-state index contributed by atoms with van der Waals surface area (Å²) >= 11 is 0. The summed E-state index contributed by atoms with van der Waals surface area (Å²) in [4.78, 5) is 23.7. The van der Waals surface area contributed by atoms with Gasteiger partial charge in [0.1, 0.15) is 0 Å². The third-order valence-electron chi connectivity index (χ3n) is 8.95. The lowest BCUT2D eigenvalue weighted by Crippen LogP contribution is -2.44. The summed E-state index contributed by atoms with van der Waals surface area (Å²) in [5.41, 5.74) is -1.60. The van der Waals surface area contributed by atoms with Crippen LogP contribution in [0.2, 0.25) is 0 Å². The second-order valence-corrected chi connectivity index (χ2v) is 13.3. The third kappa shape index (κ3) is 29.5. The fourth-order valence-corrected chi connectivity index (χ4v) is 5.98. The number of unbranched alkanes of at least 4 members (excludes halogenated alkanes) is 24. The number of aliphatic carboxylic acids is 2. The number of carbonyl (C=O) groups is 2. The summed E-state index contributed by atoms with van der Waals surface area (Å²) in [5.74, 6) is -2.25. The highest BCUT2D eigenvalue weighted by molar-refractivity contribution is 5.83. The lowest BCUT2D eigenvalue weighted by Gasteiger charge is -2.28. The summed E-state index contributed by atoms with van der Waals surface area (Å²) < 4.78 is 5.85. The molecule has 5 heteroatoms. The van der Waals surface area contributed by atoms with Crippen LogP contribution in [0.15, 0.2) is 24.3 Å². The first-order valence-corrected chi connectivity index (χ1v) is 19.4. The first-order valence-electron chi connectivity index (χ1n) is 19.4. The van der Waals surface area contributed by atoms with Gasteiger partial charge in [0.25, 0.3) is 0 Å². The quantitative estimate of drug-likeness (QED) is 0.0529. The van der Waals surface area contributed by atoms with E-state index in [0.29, 0.717) is 13.0 Å². The predicted molar refractivity (Wildman–Crippen MR) is 192 cm³/mol. The Morgan fingerprint density at radius 1 is 0.489 bits per heavy atom. The minimum Gasteiger partial charge on any atom is -0.481 e. The second-order valence-electron chi connectivity index (χ2n) is 13.3. The van der Waals surface area contributed by atoms with Crippen molar-refractivity contribution in [3.63, 3.8) is 0 Å². The molecule has 5 nitrogen and oxygen atoms in total. The Labute approximate surface area is 279 Å². The summed E-state index contributed by atoms with van der Waals surface area (Å²) in [5, 5.41) is 19.4. The van der Waals surface area contributed by atoms with E-state index < -0.39 is 24.0 Å². The van der Waals surface area contributed by atoms with Crippen LogP contribution in [0.3, 0.4) is 0 Å². The molecule has 0 spiro atoms. The molecule has 0 aliphatic carbocycles. The number of carboxylic acid groups (broad SMARTS) is 2. The van der Waals surface area contributed by atoms with Crippen molar-refractivity contribution in [2.45, 2.75) is 212 Å². The number of hydrogen-bond acceptors (Lipinski definition) is 3. The van der Waals surface area contributed by atoms with Crippen molar-refractivity contribution < 1.29 is 24.5 Å². The van der Waals surface area contributed by atoms with Gasteiger partial charge in [-0.1, -0.05) is 154 Å². The van der Waals surface area contributed by atoms with E-state index >= 15 is 0 Å². The number of ether oxygens (including phenoxy) is 1. The molecule has 45 heavy (non-hydrogen) atoms. The molecule has 0 heterocycles. The molecule has 1 unspecified atom stereocenters. The van der Waals surface area contributed by atoms with E-state index in [1.54, 1.807) is 0 Å². The van der Waals surface area contributed by atoms with Crippen LogP contribution in [0.5, 0.6) is 0 Å². The van der Waals surface area contributed by atoms with Crippen molar-refractivity contribution in [2.24, 2.45) is 0 Å². The van der Waals surface area contributed by atoms with E-state index in [9.17, 15) is 19.8 Å². The van der Waals surface area contributed by atoms with Gasteiger partial charge in [-0.05, 0) is 70.6 Å². The third-order valence-corrected chi connectivity index (χ3v) is 8.95. The zero-order chi connectivity index (χ0) is 33.1. The standard InChI is InChI=1S/C40H74O5/c1-3-5-7-9-11-13-15-17-19-21-23-25-27-29-31-33-35-40(39(43)44,37-38(41)42)45-36-34-32-30-28-26-24-22-20-18-16-14-12-10-8-6-4-2/h17-20H,3-16,21-37H2,1-2H3,(H,41,42)(H,43,44)/b19-17-,20-18-. The lowest BCUT2D eigenvalue weighted by molar-refractivity contribution is -0.174. The Hall–Kier alpha value is -1.62. The molecule has 0 aliphatic heterocycles. The van der Waals surface area contributed by atoms with Crippen molar-refractivity contribution in [1.29, 1.82) is 0 Å². The van der Waals surface area contributed by atoms with Crippen LogP contribution in [0.1, 0.15) is 206 Å². The topological polar surface area (TPSA) is 83.8 Å². The van der Waals surface area contributed by atoms with Crippen LogP contribution >= 0.6 is 0 Å². The van der Waals surface area contributed by atoms with Gasteiger partial charge in [0, 0.05) is 6.61 Å². The summed E-state index contributed by atoms with van der Waals surface area (Å²) in [6.45, 7) is 4.83. The summed E-state index contributed by atoms with van der Waals surface area (Å²) in [6.07, 6.45) is 42.7. The van der Waals surface area contributed by atoms with E-state index in [1.165, 1.54) is 122 Å². The maximum atomic E-state index is 12.2. The molecule has 1 atom stereocenters. The zero-order valence-corrected chi connectivity index (χ0v) is 29.8. The molecule has 0 saturated heterocycles. The average molecular weight is 635 g/mol. The maximum absolute atomic E-state index is 12.2. The van der Waals surface area contributed by atoms with E-state index in [0.717, 1.165) is 51.4 Å². The number of hydrogen-bond donors (Lipinski definition) is 2. The van der Waals surface area contributed by atoms with Gasteiger partial charge < -0.3 is 14.9 Å². The van der Waals surface area contributed by atoms with Gasteiger partial charge in [-0.25, -0.2) is 4.79 Å². The number of allylic oxidation sites excluding steroid dienone is 4. The van der Waals surface area contributed by atoms with Gasteiger partial charge in [-0.3, -0.25) is 4.79 Å². The van der Waals surface area contributed by atoms with Crippen LogP contribution in [0, 0.1) is 0 Å². The predicted octanol–water partition coefficient (Wildman–Crippen LogP) is 12.8. The van der Waals surface area contributed by atoms with Crippen molar-refractivity contribution in [2.75, 3.05) is 6.61 Å². The van der Waals surface area contributed by atoms with Crippen LogP contribution in [-0.2, 0) is 14.3 Å². The van der Waals surface area contributed by atoms with Gasteiger partial charge in [0.2, 0.25) is 0 Å². The van der Waals surface area contributed by atoms with Crippen LogP contribution < -0.4 is 0 Å². The van der Waals surface area contributed by atoms with E-state index in [1.807, 2.05) is 0 Å². The molecule has 0 rings (SSSR count). The highest BCUT2D eigenvalue weighted by Crippen LogP contribution is 2.26. The zero-order valence-electron chi connectivity index (χ0n) is 29.8. The normalized spacial score (nSPS) is 13.2. The number of carboxylic acids is 2. The smallest absolute Gasteiger partial charge is 0.336 e. The first kappa shape index (κ1) is 43.4. The highest BCUT2D eigenvalue weighted by atomic mass is 16.5. The minimum atomic E-state index is -1.60. The molecule has 0 radical (unpaired) electrons. The second kappa shape index (κ2) is 33.7. The van der Waals surface area contributed by atoms with Gasteiger partial charge in [-0.15, -0.1) is 0 Å². The highest BCUT2D eigenvalue weighted by Gasteiger charge is 2.41. The van der Waals surface area contributed by atoms with Gasteiger partial charge >= 0.3 is 11.9 Å². The Morgan fingerprint density at radius 3 is 1.18 bits per heavy atom. The fraction of sp³-hybridized carbons (Fsp3) is 0.850. The molecule has 0 amide bonds. The van der Waals surface area contributed by atoms with Crippen LogP contribution in [-0.4, -0.2) is 34.4 Å². The molecule has 0 aromatic rings. The Morgan fingerprint density at radius 2 is 0.822 bits per heavy atom. The largest absolute Gasteiger partial charge is 0.481 e. The summed E-state index contributed by atoms with van der Waals surface area (Å²) in [6, 6.07) is 0. The van der Waals surface area contributed by atoms with E-state index in [2.05, 4.69) is 38.2 Å². The Balaban J connectivity index is 3.95. The molecule has 0 aromatic carbocycles. The van der Waals surface area contributed by atoms with Crippen LogP contribution in [0.4, 0.5) is 0 Å². The molecule has 0 aliphatic rings. The van der Waals surface area contributed by atoms with Gasteiger partial charge in [-0.2, -0.15) is 0 Å². The van der Waals surface area contributed by atoms with Crippen molar-refractivity contribution >= 4 is 11.9 Å². The van der Waals surface area contributed by atoms with Crippen molar-refractivity contribution in [1.82, 2.24) is 0 Å². The van der Waals surface area contributed by atoms with Gasteiger partial charge in [0.05, 0.1) is 6.42 Å². The first-order chi connectivity index (χ1) is 22.0. The molecule has 0 saturated carbocycles. The Bertz CT molecular complexity index is 715. The molecule has 264 valence electrons. The van der Waals surface area contributed by atoms with Crippen molar-refractivity contribution in [3.05, 3.63) is 24.3 Å². The lowest BCUT2D eigenvalue weighted by atomic mass is 9.91. The monoisotopic (exact) mass is 635 g/mol. The molecule has 0 fully saturated rings. The number of rotatable bonds is 36. The van der Waals surface area contributed by atoms with Crippen molar-refractivity contribution in [3.8, 4) is 0 Å². The molecular formula is C40H74O5. The van der Waals surface area contributed by atoms with E-state index in [4.69, 9.17) is 4.74 Å². The molecule has 0 aromatic heterocycles. The SMILES string of the molecule is CCCCCCCC/C=C\CCCCCCCCOC(CCCCCCCC/C=C\CCCCCCCC)(CC(=O)O)C(=O)O. The average Bonchev–Trinajstić information content (AvgIpc) is 3.01. The molecule has 2 N–H and O–H groups in total. The summed E-state index contributed by atoms with van der Waals surface area (Å²) in [7, 11) is 0. The van der Waals surface area contributed by atoms with Crippen LogP contribution in [0.25, 0.3) is 0 Å². The van der Waals surface area contributed by atoms with Gasteiger partial charge in [0.15, 0.2) is 5.60 Å². The molecule has 0 bridgehead atoms. The maximum Gasteiger partial charge on any atom is 0.336 e. The fourth-order valence-electron chi connectivity index (χ4n) is 5.98. The molecular weight excluding hydrogens is 560 g/mol. The van der Waals surface area contributed by atoms with E-state index in [-0.39, 0.29) is 6.42 Å². The minimum absolute atomic E-state index is 0.266. The Kier molecular flexibility index (Phi) is 32.5.